The van der Waals surface area contributed by atoms with Crippen LogP contribution in [0.15, 0.2) is 36.5 Å². The molecule has 0 bridgehead atoms. The minimum atomic E-state index is -0.545. The number of aromatic nitrogens is 1. The highest BCUT2D eigenvalue weighted by atomic mass is 16.7. The average molecular weight is 298 g/mol. The molecule has 1 aromatic heterocycles. The van der Waals surface area contributed by atoms with Crippen molar-refractivity contribution in [2.75, 3.05) is 11.7 Å². The Balaban J connectivity index is 1.68. The van der Waals surface area contributed by atoms with Gasteiger partial charge in [0, 0.05) is 6.20 Å². The van der Waals surface area contributed by atoms with Gasteiger partial charge < -0.3 is 14.2 Å². The van der Waals surface area contributed by atoms with Gasteiger partial charge in [0.15, 0.2) is 17.6 Å². The second-order valence-corrected chi connectivity index (χ2v) is 5.20. The SMILES string of the molecule is CC1Oc2ncccc2N(Cc2ccc3c(c2)OCO3)C1=O. The zero-order chi connectivity index (χ0) is 15.1. The molecule has 0 aliphatic carbocycles. The average Bonchev–Trinajstić information content (AvgIpc) is 2.99. The Morgan fingerprint density at radius 3 is 3.05 bits per heavy atom. The summed E-state index contributed by atoms with van der Waals surface area (Å²) >= 11 is 0. The third-order valence-electron chi connectivity index (χ3n) is 3.72. The molecule has 0 saturated carbocycles. The summed E-state index contributed by atoms with van der Waals surface area (Å²) in [7, 11) is 0. The van der Waals surface area contributed by atoms with Crippen LogP contribution in [0.5, 0.6) is 17.4 Å². The molecule has 2 aliphatic rings. The van der Waals surface area contributed by atoms with Gasteiger partial charge in [-0.15, -0.1) is 0 Å². The van der Waals surface area contributed by atoms with E-state index >= 15 is 0 Å². The lowest BCUT2D eigenvalue weighted by Crippen LogP contribution is -2.44. The van der Waals surface area contributed by atoms with E-state index < -0.39 is 6.10 Å². The minimum Gasteiger partial charge on any atom is -0.463 e. The smallest absolute Gasteiger partial charge is 0.268 e. The number of amides is 1. The van der Waals surface area contributed by atoms with Gasteiger partial charge in [0.05, 0.1) is 6.54 Å². The highest BCUT2D eigenvalue weighted by Gasteiger charge is 2.32. The maximum absolute atomic E-state index is 12.4. The van der Waals surface area contributed by atoms with Gasteiger partial charge in [-0.1, -0.05) is 6.07 Å². The third kappa shape index (κ3) is 2.04. The van der Waals surface area contributed by atoms with Gasteiger partial charge in [-0.3, -0.25) is 9.69 Å². The summed E-state index contributed by atoms with van der Waals surface area (Å²) in [4.78, 5) is 18.3. The lowest BCUT2D eigenvalue weighted by molar-refractivity contribution is -0.125. The van der Waals surface area contributed by atoms with E-state index in [1.807, 2.05) is 24.3 Å². The van der Waals surface area contributed by atoms with Crippen LogP contribution in [0, 0.1) is 0 Å². The Hall–Kier alpha value is -2.76. The molecule has 0 radical (unpaired) electrons. The quantitative estimate of drug-likeness (QED) is 0.850. The molecule has 0 fully saturated rings. The lowest BCUT2D eigenvalue weighted by Gasteiger charge is -2.32. The van der Waals surface area contributed by atoms with Gasteiger partial charge >= 0.3 is 0 Å². The molecule has 6 heteroatoms. The van der Waals surface area contributed by atoms with E-state index in [1.165, 1.54) is 0 Å². The van der Waals surface area contributed by atoms with E-state index in [1.54, 1.807) is 24.1 Å². The van der Waals surface area contributed by atoms with Crippen LogP contribution in [0.3, 0.4) is 0 Å². The normalized spacial score (nSPS) is 18.9. The lowest BCUT2D eigenvalue weighted by atomic mass is 10.1. The number of fused-ring (bicyclic) bond motifs is 2. The molecular weight excluding hydrogens is 284 g/mol. The fraction of sp³-hybridized carbons (Fsp3) is 0.250. The Morgan fingerprint density at radius 1 is 1.27 bits per heavy atom. The number of rotatable bonds is 2. The number of benzene rings is 1. The zero-order valence-corrected chi connectivity index (χ0v) is 12.0. The van der Waals surface area contributed by atoms with Gasteiger partial charge in [-0.2, -0.15) is 0 Å². The van der Waals surface area contributed by atoms with Crippen LogP contribution in [0.1, 0.15) is 12.5 Å². The number of hydrogen-bond donors (Lipinski definition) is 0. The van der Waals surface area contributed by atoms with Crippen molar-refractivity contribution in [1.82, 2.24) is 4.98 Å². The molecule has 0 N–H and O–H groups in total. The summed E-state index contributed by atoms with van der Waals surface area (Å²) in [6.07, 6.45) is 1.11. The number of ether oxygens (including phenoxy) is 3. The second kappa shape index (κ2) is 4.91. The minimum absolute atomic E-state index is 0.0850. The molecule has 22 heavy (non-hydrogen) atoms. The number of pyridine rings is 1. The van der Waals surface area contributed by atoms with Gasteiger partial charge in [0.2, 0.25) is 12.7 Å². The van der Waals surface area contributed by atoms with Crippen LogP contribution in [0.2, 0.25) is 0 Å². The molecule has 4 rings (SSSR count). The van der Waals surface area contributed by atoms with E-state index in [0.717, 1.165) is 11.3 Å². The fourth-order valence-electron chi connectivity index (χ4n) is 2.62. The van der Waals surface area contributed by atoms with E-state index in [4.69, 9.17) is 14.2 Å². The first-order chi connectivity index (χ1) is 10.7. The van der Waals surface area contributed by atoms with Crippen molar-refractivity contribution in [3.63, 3.8) is 0 Å². The number of hydrogen-bond acceptors (Lipinski definition) is 5. The van der Waals surface area contributed by atoms with Crippen molar-refractivity contribution >= 4 is 11.6 Å². The van der Waals surface area contributed by atoms with Crippen molar-refractivity contribution in [2.45, 2.75) is 19.6 Å². The molecule has 6 nitrogen and oxygen atoms in total. The molecular formula is C16H14N2O4. The summed E-state index contributed by atoms with van der Waals surface area (Å²) in [6, 6.07) is 9.30. The van der Waals surface area contributed by atoms with Crippen LogP contribution in [0.4, 0.5) is 5.69 Å². The van der Waals surface area contributed by atoms with Crippen LogP contribution in [0.25, 0.3) is 0 Å². The molecule has 1 amide bonds. The third-order valence-corrected chi connectivity index (χ3v) is 3.72. The first kappa shape index (κ1) is 12.9. The van der Waals surface area contributed by atoms with Crippen LogP contribution >= 0.6 is 0 Å². The van der Waals surface area contributed by atoms with Crippen LogP contribution in [-0.4, -0.2) is 23.8 Å². The Labute approximate surface area is 127 Å². The Kier molecular flexibility index (Phi) is 2.89. The molecule has 1 atom stereocenters. The number of carbonyl (C=O) groups is 1. The summed E-state index contributed by atoms with van der Waals surface area (Å²) < 4.78 is 16.2. The monoisotopic (exact) mass is 298 g/mol. The van der Waals surface area contributed by atoms with Crippen LogP contribution in [-0.2, 0) is 11.3 Å². The van der Waals surface area contributed by atoms with E-state index in [0.29, 0.717) is 23.9 Å². The van der Waals surface area contributed by atoms with Crippen molar-refractivity contribution in [1.29, 1.82) is 0 Å². The van der Waals surface area contributed by atoms with E-state index in [-0.39, 0.29) is 12.7 Å². The van der Waals surface area contributed by atoms with Gasteiger partial charge in [-0.25, -0.2) is 4.98 Å². The van der Waals surface area contributed by atoms with Crippen molar-refractivity contribution < 1.29 is 19.0 Å². The molecule has 1 unspecified atom stereocenters. The van der Waals surface area contributed by atoms with Crippen molar-refractivity contribution in [3.05, 3.63) is 42.1 Å². The van der Waals surface area contributed by atoms with E-state index in [9.17, 15) is 4.79 Å². The van der Waals surface area contributed by atoms with Gasteiger partial charge in [0.1, 0.15) is 5.69 Å². The topological polar surface area (TPSA) is 60.9 Å². The molecule has 0 saturated heterocycles. The summed E-state index contributed by atoms with van der Waals surface area (Å²) in [6.45, 7) is 2.40. The standard InChI is InChI=1S/C16H14N2O4/c1-10-16(19)18(12-3-2-6-17-15(12)22-10)8-11-4-5-13-14(7-11)21-9-20-13/h2-7,10H,8-9H2,1H3. The molecule has 112 valence electrons. The molecule has 1 aromatic carbocycles. The zero-order valence-electron chi connectivity index (χ0n) is 12.0. The molecule has 2 aromatic rings. The maximum Gasteiger partial charge on any atom is 0.268 e. The summed E-state index contributed by atoms with van der Waals surface area (Å²) in [5, 5.41) is 0. The molecule has 3 heterocycles. The first-order valence-corrected chi connectivity index (χ1v) is 7.04. The van der Waals surface area contributed by atoms with E-state index in [2.05, 4.69) is 4.98 Å². The first-order valence-electron chi connectivity index (χ1n) is 7.04. The second-order valence-electron chi connectivity index (χ2n) is 5.20. The molecule has 2 aliphatic heterocycles. The van der Waals surface area contributed by atoms with Crippen LogP contribution < -0.4 is 19.1 Å². The molecule has 0 spiro atoms. The van der Waals surface area contributed by atoms with Gasteiger partial charge in [0.25, 0.3) is 5.91 Å². The largest absolute Gasteiger partial charge is 0.463 e. The Morgan fingerprint density at radius 2 is 2.14 bits per heavy atom. The fourth-order valence-corrected chi connectivity index (χ4v) is 2.62. The number of nitrogens with zero attached hydrogens (tertiary/aromatic N) is 2. The number of carbonyl (C=O) groups excluding carboxylic acids is 1. The Bertz CT molecular complexity index is 747. The summed E-state index contributed by atoms with van der Waals surface area (Å²) in [5.41, 5.74) is 1.64. The van der Waals surface area contributed by atoms with Crippen molar-refractivity contribution in [3.8, 4) is 17.4 Å². The highest BCUT2D eigenvalue weighted by Crippen LogP contribution is 2.35. The number of anilines is 1. The predicted molar refractivity (Wildman–Crippen MR) is 78.1 cm³/mol. The van der Waals surface area contributed by atoms with Crippen molar-refractivity contribution in [2.24, 2.45) is 0 Å². The summed E-state index contributed by atoms with van der Waals surface area (Å²) in [5.74, 6) is 1.83. The van der Waals surface area contributed by atoms with Gasteiger partial charge in [-0.05, 0) is 36.8 Å². The highest BCUT2D eigenvalue weighted by molar-refractivity contribution is 5.99. The predicted octanol–water partition coefficient (Wildman–Crippen LogP) is 2.12. The maximum atomic E-state index is 12.4.